The lowest BCUT2D eigenvalue weighted by Gasteiger charge is -2.05. The fraction of sp³-hybridized carbons (Fsp3) is 0.333. The third kappa shape index (κ3) is 5.02. The summed E-state index contributed by atoms with van der Waals surface area (Å²) in [5.41, 5.74) is 9.33. The molecule has 2 N–H and O–H groups in total. The lowest BCUT2D eigenvalue weighted by molar-refractivity contribution is 0.144. The molecule has 0 spiro atoms. The second-order valence-electron chi connectivity index (χ2n) is 5.96. The second kappa shape index (κ2) is 8.61. The van der Waals surface area contributed by atoms with Crippen molar-refractivity contribution in [1.82, 2.24) is 19.6 Å². The van der Waals surface area contributed by atoms with E-state index in [1.54, 1.807) is 6.07 Å². The van der Waals surface area contributed by atoms with Gasteiger partial charge in [0.15, 0.2) is 5.82 Å². The molecule has 0 radical (unpaired) electrons. The molecule has 0 aliphatic heterocycles. The number of nitrogens with two attached hydrogens (primary N) is 1. The average Bonchev–Trinajstić information content (AvgIpc) is 2.91. The molecule has 0 bridgehead atoms. The van der Waals surface area contributed by atoms with E-state index in [4.69, 9.17) is 5.73 Å². The SMILES string of the molecule is CC(C)=Nc1ccc(-c2c(F)cn3nc(N)ncc23)nc1C.CCC(F)F. The van der Waals surface area contributed by atoms with E-state index >= 15 is 0 Å². The minimum absolute atomic E-state index is 0.0278. The molecule has 144 valence electrons. The Morgan fingerprint density at radius 1 is 1.30 bits per heavy atom. The first-order valence-electron chi connectivity index (χ1n) is 8.30. The minimum atomic E-state index is -2.12. The zero-order chi connectivity index (χ0) is 20.1. The van der Waals surface area contributed by atoms with Gasteiger partial charge in [0.1, 0.15) is 0 Å². The normalized spacial score (nSPS) is 10.7. The Morgan fingerprint density at radius 2 is 1.96 bits per heavy atom. The number of nitrogens with zero attached hydrogens (tertiary/aromatic N) is 5. The van der Waals surface area contributed by atoms with Crippen LogP contribution in [-0.4, -0.2) is 31.7 Å². The molecule has 3 aromatic heterocycles. The van der Waals surface area contributed by atoms with Gasteiger partial charge in [-0.05, 0) is 32.9 Å². The molecule has 0 atom stereocenters. The monoisotopic (exact) mass is 378 g/mol. The Bertz CT molecular complexity index is 961. The molecule has 0 aromatic carbocycles. The molecule has 3 aromatic rings. The van der Waals surface area contributed by atoms with Gasteiger partial charge in [-0.3, -0.25) is 9.98 Å². The van der Waals surface area contributed by atoms with Crippen LogP contribution in [0.15, 0.2) is 29.5 Å². The van der Waals surface area contributed by atoms with Gasteiger partial charge in [0.25, 0.3) is 0 Å². The van der Waals surface area contributed by atoms with Crippen LogP contribution in [0, 0.1) is 12.7 Å². The molecular formula is C18H21F3N6. The second-order valence-corrected chi connectivity index (χ2v) is 5.96. The summed E-state index contributed by atoms with van der Waals surface area (Å²) in [6.45, 7) is 7.12. The molecule has 9 heteroatoms. The van der Waals surface area contributed by atoms with Crippen molar-refractivity contribution in [3.05, 3.63) is 36.0 Å². The van der Waals surface area contributed by atoms with Crippen molar-refractivity contribution in [2.45, 2.75) is 40.5 Å². The van der Waals surface area contributed by atoms with E-state index in [-0.39, 0.29) is 12.4 Å². The van der Waals surface area contributed by atoms with Crippen molar-refractivity contribution in [1.29, 1.82) is 0 Å². The summed E-state index contributed by atoms with van der Waals surface area (Å²) in [6, 6.07) is 3.56. The van der Waals surface area contributed by atoms with Crippen LogP contribution in [0.3, 0.4) is 0 Å². The lowest BCUT2D eigenvalue weighted by Crippen LogP contribution is -1.99. The van der Waals surface area contributed by atoms with Crippen molar-refractivity contribution >= 4 is 22.9 Å². The fourth-order valence-electron chi connectivity index (χ4n) is 2.25. The number of aliphatic imine (C=N–C) groups is 1. The highest BCUT2D eigenvalue weighted by atomic mass is 19.3. The number of aryl methyl sites for hydroxylation is 1. The van der Waals surface area contributed by atoms with E-state index in [1.165, 1.54) is 23.8 Å². The van der Waals surface area contributed by atoms with Crippen LogP contribution in [0.5, 0.6) is 0 Å². The van der Waals surface area contributed by atoms with Gasteiger partial charge in [-0.25, -0.2) is 22.7 Å². The Morgan fingerprint density at radius 3 is 2.52 bits per heavy atom. The maximum Gasteiger partial charge on any atom is 0.238 e. The number of pyridine rings is 1. The van der Waals surface area contributed by atoms with Gasteiger partial charge in [0.2, 0.25) is 12.4 Å². The predicted octanol–water partition coefficient (Wildman–Crippen LogP) is 4.59. The van der Waals surface area contributed by atoms with Gasteiger partial charge in [0, 0.05) is 12.1 Å². The molecule has 0 saturated heterocycles. The van der Waals surface area contributed by atoms with Gasteiger partial charge >= 0.3 is 0 Å². The summed E-state index contributed by atoms with van der Waals surface area (Å²) >= 11 is 0. The van der Waals surface area contributed by atoms with Gasteiger partial charge in [-0.2, -0.15) is 0 Å². The molecule has 0 aliphatic carbocycles. The molecule has 0 saturated carbocycles. The van der Waals surface area contributed by atoms with Gasteiger partial charge < -0.3 is 5.73 Å². The molecule has 0 unspecified atom stereocenters. The summed E-state index contributed by atoms with van der Waals surface area (Å²) < 4.78 is 37.2. The number of aromatic nitrogens is 4. The molecule has 0 amide bonds. The highest BCUT2D eigenvalue weighted by molar-refractivity contribution is 5.83. The van der Waals surface area contributed by atoms with Gasteiger partial charge in [-0.15, -0.1) is 5.10 Å². The zero-order valence-electron chi connectivity index (χ0n) is 15.5. The molecular weight excluding hydrogens is 357 g/mol. The van der Waals surface area contributed by atoms with Crippen LogP contribution >= 0.6 is 0 Å². The van der Waals surface area contributed by atoms with E-state index < -0.39 is 12.2 Å². The summed E-state index contributed by atoms with van der Waals surface area (Å²) in [5.74, 6) is -0.337. The van der Waals surface area contributed by atoms with Crippen LogP contribution in [0.4, 0.5) is 24.8 Å². The number of rotatable bonds is 3. The van der Waals surface area contributed by atoms with E-state index in [0.717, 1.165) is 17.1 Å². The standard InChI is InChI=1S/C15H15FN6.C3H6F2/c1-8(2)19-11-4-5-12(20-9(11)3)14-10(16)7-22-13(14)6-18-15(17)21-22;1-2-3(4)5/h4-7H,1-3H3,(H2,17,21);3H,2H2,1H3. The minimum Gasteiger partial charge on any atom is -0.367 e. The number of alkyl halides is 2. The zero-order valence-corrected chi connectivity index (χ0v) is 15.5. The number of anilines is 1. The highest BCUT2D eigenvalue weighted by Gasteiger charge is 2.16. The van der Waals surface area contributed by atoms with Crippen LogP contribution in [-0.2, 0) is 0 Å². The first-order chi connectivity index (χ1) is 12.7. The van der Waals surface area contributed by atoms with Gasteiger partial charge in [-0.1, -0.05) is 6.92 Å². The number of fused-ring (bicyclic) bond motifs is 1. The van der Waals surface area contributed by atoms with E-state index in [2.05, 4.69) is 20.1 Å². The van der Waals surface area contributed by atoms with Crippen molar-refractivity contribution in [2.24, 2.45) is 4.99 Å². The van der Waals surface area contributed by atoms with Crippen LogP contribution in [0.1, 0.15) is 32.9 Å². The summed E-state index contributed by atoms with van der Waals surface area (Å²) in [6.07, 6.45) is 0.608. The molecule has 3 heterocycles. The molecule has 27 heavy (non-hydrogen) atoms. The maximum atomic E-state index is 14.3. The van der Waals surface area contributed by atoms with Crippen LogP contribution < -0.4 is 5.73 Å². The number of hydrogen-bond acceptors (Lipinski definition) is 5. The Labute approximate surface area is 155 Å². The number of halogens is 3. The lowest BCUT2D eigenvalue weighted by atomic mass is 10.1. The number of hydrogen-bond donors (Lipinski definition) is 1. The highest BCUT2D eigenvalue weighted by Crippen LogP contribution is 2.29. The predicted molar refractivity (Wildman–Crippen MR) is 100 cm³/mol. The summed E-state index contributed by atoms with van der Waals surface area (Å²) in [5, 5.41) is 3.96. The van der Waals surface area contributed by atoms with Crippen LogP contribution in [0.25, 0.3) is 16.8 Å². The molecule has 6 nitrogen and oxygen atoms in total. The fourth-order valence-corrected chi connectivity index (χ4v) is 2.25. The smallest absolute Gasteiger partial charge is 0.238 e. The van der Waals surface area contributed by atoms with Gasteiger partial charge in [0.05, 0.1) is 40.5 Å². The van der Waals surface area contributed by atoms with E-state index in [0.29, 0.717) is 16.8 Å². The van der Waals surface area contributed by atoms with E-state index in [9.17, 15) is 13.2 Å². The Balaban J connectivity index is 0.000000465. The average molecular weight is 378 g/mol. The maximum absolute atomic E-state index is 14.3. The molecule has 0 aliphatic rings. The number of nitrogen functional groups attached to an aromatic ring is 1. The quantitative estimate of drug-likeness (QED) is 0.676. The Hall–Kier alpha value is -2.97. The first kappa shape index (κ1) is 20.3. The molecule has 3 rings (SSSR count). The van der Waals surface area contributed by atoms with Crippen molar-refractivity contribution in [3.8, 4) is 11.3 Å². The summed E-state index contributed by atoms with van der Waals surface area (Å²) in [7, 11) is 0. The van der Waals surface area contributed by atoms with E-state index in [1.807, 2.05) is 26.8 Å². The van der Waals surface area contributed by atoms with Crippen LogP contribution in [0.2, 0.25) is 0 Å². The van der Waals surface area contributed by atoms with Crippen molar-refractivity contribution in [2.75, 3.05) is 5.73 Å². The Kier molecular flexibility index (Phi) is 6.49. The topological polar surface area (TPSA) is 81.5 Å². The first-order valence-corrected chi connectivity index (χ1v) is 8.30. The summed E-state index contributed by atoms with van der Waals surface area (Å²) in [4.78, 5) is 12.8. The third-order valence-electron chi connectivity index (χ3n) is 3.47. The van der Waals surface area contributed by atoms with Crippen molar-refractivity contribution in [3.63, 3.8) is 0 Å². The van der Waals surface area contributed by atoms with Crippen molar-refractivity contribution < 1.29 is 13.2 Å². The largest absolute Gasteiger partial charge is 0.367 e. The molecule has 0 fully saturated rings. The third-order valence-corrected chi connectivity index (χ3v) is 3.47.